The van der Waals surface area contributed by atoms with E-state index in [1.807, 2.05) is 74.5 Å². The maximum Gasteiger partial charge on any atom is 0.254 e. The highest BCUT2D eigenvalue weighted by Gasteiger charge is 2.31. The molecule has 1 heterocycles. The highest BCUT2D eigenvalue weighted by molar-refractivity contribution is 5.81. The zero-order chi connectivity index (χ0) is 24.1. The van der Waals surface area contributed by atoms with Crippen LogP contribution in [0.4, 0.5) is 5.69 Å². The normalized spacial score (nSPS) is 15.6. The number of hydrogen-bond donors (Lipinski definition) is 2. The lowest BCUT2D eigenvalue weighted by molar-refractivity contribution is -0.146. The van der Waals surface area contributed by atoms with Gasteiger partial charge in [-0.3, -0.25) is 4.79 Å². The maximum atomic E-state index is 12.8. The van der Waals surface area contributed by atoms with E-state index in [1.165, 1.54) is 0 Å². The molecule has 3 aromatic carbocycles. The van der Waals surface area contributed by atoms with Crippen molar-refractivity contribution in [1.29, 1.82) is 0 Å². The van der Waals surface area contributed by atoms with Crippen LogP contribution >= 0.6 is 0 Å². The summed E-state index contributed by atoms with van der Waals surface area (Å²) in [5.74, 6) is 1.08. The van der Waals surface area contributed by atoms with Gasteiger partial charge in [0.05, 0.1) is 6.10 Å². The van der Waals surface area contributed by atoms with Crippen molar-refractivity contribution in [3.05, 3.63) is 89.5 Å². The van der Waals surface area contributed by atoms with Crippen molar-refractivity contribution in [2.45, 2.75) is 32.5 Å². The van der Waals surface area contributed by atoms with E-state index in [0.29, 0.717) is 31.9 Å². The molecule has 0 aliphatic carbocycles. The Morgan fingerprint density at radius 1 is 0.882 bits per heavy atom. The van der Waals surface area contributed by atoms with Crippen molar-refractivity contribution in [3.8, 4) is 11.5 Å². The van der Waals surface area contributed by atoms with Gasteiger partial charge in [-0.25, -0.2) is 0 Å². The van der Waals surface area contributed by atoms with E-state index in [4.69, 9.17) is 4.74 Å². The van der Waals surface area contributed by atoms with Gasteiger partial charge in [0.1, 0.15) is 11.5 Å². The number of rotatable bonds is 7. The van der Waals surface area contributed by atoms with Crippen LogP contribution < -0.4 is 9.64 Å². The Morgan fingerprint density at radius 2 is 1.56 bits per heavy atom. The molecule has 2 atom stereocenters. The van der Waals surface area contributed by atoms with Crippen molar-refractivity contribution in [2.75, 3.05) is 31.1 Å². The molecule has 0 bridgehead atoms. The van der Waals surface area contributed by atoms with E-state index in [2.05, 4.69) is 17.0 Å². The molecule has 1 aliphatic heterocycles. The standard InChI is InChI=1S/C28H32N2O4/c1-20-7-6-10-26(21(20)2)34-24-13-11-22(12-14-24)19-25(31)27(32)28(33)30-17-15-29(16-18-30)23-8-4-3-5-9-23/h3-14,25,27,31-32H,15-19H2,1-2H3. The summed E-state index contributed by atoms with van der Waals surface area (Å²) in [6.45, 7) is 6.49. The van der Waals surface area contributed by atoms with Gasteiger partial charge in [0, 0.05) is 38.3 Å². The van der Waals surface area contributed by atoms with Gasteiger partial charge in [-0.1, -0.05) is 42.5 Å². The number of nitrogens with zero attached hydrogens (tertiary/aromatic N) is 2. The lowest BCUT2D eigenvalue weighted by atomic mass is 10.0. The first-order valence-electron chi connectivity index (χ1n) is 11.7. The molecule has 1 saturated heterocycles. The Balaban J connectivity index is 1.29. The summed E-state index contributed by atoms with van der Waals surface area (Å²) in [6, 6.07) is 23.4. The van der Waals surface area contributed by atoms with Crippen LogP contribution in [0.3, 0.4) is 0 Å². The Hall–Kier alpha value is -3.35. The Labute approximate surface area is 201 Å². The van der Waals surface area contributed by atoms with E-state index in [9.17, 15) is 15.0 Å². The SMILES string of the molecule is Cc1cccc(Oc2ccc(CC(O)C(O)C(=O)N3CCN(c4ccccc4)CC3)cc2)c1C. The average molecular weight is 461 g/mol. The van der Waals surface area contributed by atoms with E-state index < -0.39 is 18.1 Å². The largest absolute Gasteiger partial charge is 0.457 e. The van der Waals surface area contributed by atoms with Crippen LogP contribution in [-0.2, 0) is 11.2 Å². The summed E-state index contributed by atoms with van der Waals surface area (Å²) in [4.78, 5) is 16.6. The molecule has 1 aliphatic rings. The van der Waals surface area contributed by atoms with Crippen LogP contribution in [0.1, 0.15) is 16.7 Å². The molecule has 1 fully saturated rings. The van der Waals surface area contributed by atoms with Crippen molar-refractivity contribution in [3.63, 3.8) is 0 Å². The molecule has 2 unspecified atom stereocenters. The highest BCUT2D eigenvalue weighted by Crippen LogP contribution is 2.27. The minimum absolute atomic E-state index is 0.181. The predicted molar refractivity (Wildman–Crippen MR) is 133 cm³/mol. The average Bonchev–Trinajstić information content (AvgIpc) is 2.87. The number of aryl methyl sites for hydroxylation is 1. The molecule has 178 valence electrons. The van der Waals surface area contributed by atoms with Crippen molar-refractivity contribution < 1.29 is 19.7 Å². The highest BCUT2D eigenvalue weighted by atomic mass is 16.5. The number of carbonyl (C=O) groups is 1. The lowest BCUT2D eigenvalue weighted by Crippen LogP contribution is -2.53. The van der Waals surface area contributed by atoms with Gasteiger partial charge in [-0.05, 0) is 60.9 Å². The molecular formula is C28H32N2O4. The van der Waals surface area contributed by atoms with Crippen LogP contribution in [-0.4, -0.2) is 59.4 Å². The number of aliphatic hydroxyl groups is 2. The van der Waals surface area contributed by atoms with E-state index in [-0.39, 0.29) is 6.42 Å². The quantitative estimate of drug-likeness (QED) is 0.562. The molecule has 4 rings (SSSR count). The number of benzene rings is 3. The monoisotopic (exact) mass is 460 g/mol. The summed E-state index contributed by atoms with van der Waals surface area (Å²) in [5, 5.41) is 21.0. The first kappa shape index (κ1) is 23.8. The van der Waals surface area contributed by atoms with Crippen molar-refractivity contribution in [1.82, 2.24) is 4.90 Å². The van der Waals surface area contributed by atoms with Gasteiger partial charge in [0.15, 0.2) is 6.10 Å². The summed E-state index contributed by atoms with van der Waals surface area (Å²) < 4.78 is 5.98. The van der Waals surface area contributed by atoms with Crippen LogP contribution in [0, 0.1) is 13.8 Å². The summed E-state index contributed by atoms with van der Waals surface area (Å²) in [5.41, 5.74) is 4.20. The molecule has 6 heteroatoms. The third-order valence-corrected chi connectivity index (χ3v) is 6.48. The van der Waals surface area contributed by atoms with Gasteiger partial charge < -0.3 is 24.7 Å². The number of amides is 1. The Kier molecular flexibility index (Phi) is 7.50. The Bertz CT molecular complexity index is 1090. The van der Waals surface area contributed by atoms with Gasteiger partial charge in [-0.2, -0.15) is 0 Å². The van der Waals surface area contributed by atoms with Crippen LogP contribution in [0.5, 0.6) is 11.5 Å². The molecule has 6 nitrogen and oxygen atoms in total. The number of piperazine rings is 1. The van der Waals surface area contributed by atoms with Crippen molar-refractivity contribution >= 4 is 11.6 Å². The van der Waals surface area contributed by atoms with Gasteiger partial charge in [0.25, 0.3) is 5.91 Å². The molecule has 0 saturated carbocycles. The number of hydrogen-bond acceptors (Lipinski definition) is 5. The van der Waals surface area contributed by atoms with Crippen LogP contribution in [0.25, 0.3) is 0 Å². The zero-order valence-electron chi connectivity index (χ0n) is 19.7. The topological polar surface area (TPSA) is 73.2 Å². The zero-order valence-corrected chi connectivity index (χ0v) is 19.7. The van der Waals surface area contributed by atoms with Crippen LogP contribution in [0.15, 0.2) is 72.8 Å². The molecule has 34 heavy (non-hydrogen) atoms. The fourth-order valence-electron chi connectivity index (χ4n) is 4.18. The molecule has 0 aromatic heterocycles. The number of aliphatic hydroxyl groups excluding tert-OH is 2. The summed E-state index contributed by atoms with van der Waals surface area (Å²) in [6.07, 6.45) is -2.44. The smallest absolute Gasteiger partial charge is 0.254 e. The minimum atomic E-state index is -1.45. The molecule has 2 N–H and O–H groups in total. The summed E-state index contributed by atoms with van der Waals surface area (Å²) in [7, 11) is 0. The number of para-hydroxylation sites is 1. The number of carbonyl (C=O) groups excluding carboxylic acids is 1. The van der Waals surface area contributed by atoms with Crippen LogP contribution in [0.2, 0.25) is 0 Å². The first-order chi connectivity index (χ1) is 16.4. The van der Waals surface area contributed by atoms with E-state index in [1.54, 1.807) is 4.90 Å². The predicted octanol–water partition coefficient (Wildman–Crippen LogP) is 3.71. The maximum absolute atomic E-state index is 12.8. The fraction of sp³-hybridized carbons (Fsp3) is 0.321. The minimum Gasteiger partial charge on any atom is -0.457 e. The molecular weight excluding hydrogens is 428 g/mol. The number of anilines is 1. The molecule has 0 radical (unpaired) electrons. The van der Waals surface area contributed by atoms with E-state index >= 15 is 0 Å². The van der Waals surface area contributed by atoms with E-state index in [0.717, 1.165) is 28.1 Å². The second-order valence-electron chi connectivity index (χ2n) is 8.81. The summed E-state index contributed by atoms with van der Waals surface area (Å²) >= 11 is 0. The second-order valence-corrected chi connectivity index (χ2v) is 8.81. The first-order valence-corrected chi connectivity index (χ1v) is 11.7. The second kappa shape index (κ2) is 10.7. The lowest BCUT2D eigenvalue weighted by Gasteiger charge is -2.37. The third-order valence-electron chi connectivity index (χ3n) is 6.48. The van der Waals surface area contributed by atoms with Gasteiger partial charge >= 0.3 is 0 Å². The molecule has 3 aromatic rings. The van der Waals surface area contributed by atoms with Gasteiger partial charge in [-0.15, -0.1) is 0 Å². The van der Waals surface area contributed by atoms with Gasteiger partial charge in [0.2, 0.25) is 0 Å². The fourth-order valence-corrected chi connectivity index (χ4v) is 4.18. The number of ether oxygens (including phenoxy) is 1. The van der Waals surface area contributed by atoms with Crippen molar-refractivity contribution in [2.24, 2.45) is 0 Å². The third kappa shape index (κ3) is 5.58. The Morgan fingerprint density at radius 3 is 2.24 bits per heavy atom. The molecule has 1 amide bonds. The molecule has 0 spiro atoms.